The van der Waals surface area contributed by atoms with Gasteiger partial charge in [0.1, 0.15) is 0 Å². The molecule has 1 unspecified atom stereocenters. The number of nitrogens with two attached hydrogens (primary N) is 1. The second-order valence-electron chi connectivity index (χ2n) is 3.21. The van der Waals surface area contributed by atoms with Crippen LogP contribution in [-0.2, 0) is 4.74 Å². The van der Waals surface area contributed by atoms with Gasteiger partial charge >= 0.3 is 6.01 Å². The zero-order valence-electron chi connectivity index (χ0n) is 9.19. The molecule has 0 amide bonds. The number of rotatable bonds is 7. The van der Waals surface area contributed by atoms with Crippen LogP contribution in [0.2, 0.25) is 0 Å². The quantitative estimate of drug-likeness (QED) is 0.656. The number of nitrogens with one attached hydrogen (secondary N) is 1. The summed E-state index contributed by atoms with van der Waals surface area (Å²) in [7, 11) is 0. The molecule has 1 heterocycles. The van der Waals surface area contributed by atoms with Gasteiger partial charge in [-0.3, -0.25) is 0 Å². The maximum atomic E-state index is 5.58. The lowest BCUT2D eigenvalue weighted by atomic mass is 10.4. The molecule has 0 aromatic carbocycles. The van der Waals surface area contributed by atoms with E-state index < -0.39 is 0 Å². The third kappa shape index (κ3) is 4.26. The first-order valence-electron chi connectivity index (χ1n) is 5.14. The highest BCUT2D eigenvalue weighted by atomic mass is 16.5. The molecule has 15 heavy (non-hydrogen) atoms. The van der Waals surface area contributed by atoms with Crippen molar-refractivity contribution in [1.29, 1.82) is 0 Å². The Kier molecular flexibility index (Phi) is 5.06. The minimum absolute atomic E-state index is 0.225. The Morgan fingerprint density at radius 2 is 2.33 bits per heavy atom. The van der Waals surface area contributed by atoms with Gasteiger partial charge in [0.05, 0.1) is 6.04 Å². The van der Waals surface area contributed by atoms with Crippen molar-refractivity contribution < 1.29 is 9.15 Å². The van der Waals surface area contributed by atoms with Gasteiger partial charge in [-0.05, 0) is 20.3 Å². The molecule has 0 bridgehead atoms. The first-order chi connectivity index (χ1) is 7.24. The van der Waals surface area contributed by atoms with E-state index in [1.807, 2.05) is 6.92 Å². The summed E-state index contributed by atoms with van der Waals surface area (Å²) in [4.78, 5) is 0. The van der Waals surface area contributed by atoms with Gasteiger partial charge in [-0.15, -0.1) is 5.10 Å². The van der Waals surface area contributed by atoms with Crippen LogP contribution in [0.3, 0.4) is 0 Å². The Hall–Kier alpha value is -1.14. The highest BCUT2D eigenvalue weighted by Crippen LogP contribution is 2.10. The molecule has 3 N–H and O–H groups in total. The Morgan fingerprint density at radius 3 is 2.93 bits per heavy atom. The largest absolute Gasteiger partial charge is 0.406 e. The molecule has 0 saturated carbocycles. The van der Waals surface area contributed by atoms with Gasteiger partial charge in [0.25, 0.3) is 0 Å². The van der Waals surface area contributed by atoms with Gasteiger partial charge in [-0.1, -0.05) is 5.10 Å². The van der Waals surface area contributed by atoms with Crippen molar-refractivity contribution >= 4 is 6.01 Å². The highest BCUT2D eigenvalue weighted by molar-refractivity contribution is 5.16. The van der Waals surface area contributed by atoms with E-state index in [1.54, 1.807) is 6.92 Å². The predicted octanol–water partition coefficient (Wildman–Crippen LogP) is 0.928. The van der Waals surface area contributed by atoms with E-state index in [9.17, 15) is 0 Å². The minimum Gasteiger partial charge on any atom is -0.406 e. The summed E-state index contributed by atoms with van der Waals surface area (Å²) in [6, 6.07) is 0.190. The maximum Gasteiger partial charge on any atom is 0.315 e. The third-order valence-electron chi connectivity index (χ3n) is 1.78. The molecule has 1 rings (SSSR count). The van der Waals surface area contributed by atoms with E-state index in [0.29, 0.717) is 11.9 Å². The number of aromatic nitrogens is 2. The average Bonchev–Trinajstić information content (AvgIpc) is 2.66. The van der Waals surface area contributed by atoms with Crippen molar-refractivity contribution in [2.24, 2.45) is 5.73 Å². The summed E-state index contributed by atoms with van der Waals surface area (Å²) in [5.41, 5.74) is 5.58. The van der Waals surface area contributed by atoms with Gasteiger partial charge in [-0.2, -0.15) is 0 Å². The molecule has 0 aliphatic carbocycles. The van der Waals surface area contributed by atoms with Gasteiger partial charge in [0, 0.05) is 19.8 Å². The Bertz CT molecular complexity index is 275. The average molecular weight is 214 g/mol. The zero-order valence-corrected chi connectivity index (χ0v) is 9.19. The summed E-state index contributed by atoms with van der Waals surface area (Å²) in [6.45, 7) is 6.00. The van der Waals surface area contributed by atoms with Gasteiger partial charge in [-0.25, -0.2) is 0 Å². The molecule has 0 radical (unpaired) electrons. The predicted molar refractivity (Wildman–Crippen MR) is 56.5 cm³/mol. The molecule has 1 aromatic heterocycles. The molecule has 0 aliphatic rings. The van der Waals surface area contributed by atoms with Crippen LogP contribution in [0.1, 0.15) is 32.2 Å². The Balaban J connectivity index is 2.20. The molecule has 1 atom stereocenters. The number of anilines is 1. The molecule has 6 heteroatoms. The van der Waals surface area contributed by atoms with Crippen LogP contribution in [0.4, 0.5) is 6.01 Å². The smallest absolute Gasteiger partial charge is 0.315 e. The van der Waals surface area contributed by atoms with E-state index >= 15 is 0 Å². The topological polar surface area (TPSA) is 86.2 Å². The maximum absolute atomic E-state index is 5.58. The summed E-state index contributed by atoms with van der Waals surface area (Å²) >= 11 is 0. The molecule has 0 saturated heterocycles. The summed E-state index contributed by atoms with van der Waals surface area (Å²) in [5, 5.41) is 10.6. The standard InChI is InChI=1S/C9H18N4O2/c1-3-14-6-4-5-11-9-13-12-8(15-9)7(2)10/h7H,3-6,10H2,1-2H3,(H,11,13). The fourth-order valence-electron chi connectivity index (χ4n) is 1.00. The van der Waals surface area contributed by atoms with Crippen LogP contribution in [0.25, 0.3) is 0 Å². The van der Waals surface area contributed by atoms with Crippen molar-refractivity contribution in [2.75, 3.05) is 25.1 Å². The van der Waals surface area contributed by atoms with Crippen LogP contribution in [0.15, 0.2) is 4.42 Å². The first kappa shape index (κ1) is 11.9. The second-order valence-corrected chi connectivity index (χ2v) is 3.21. The van der Waals surface area contributed by atoms with E-state index in [-0.39, 0.29) is 6.04 Å². The van der Waals surface area contributed by atoms with Crippen LogP contribution in [-0.4, -0.2) is 30.0 Å². The van der Waals surface area contributed by atoms with Gasteiger partial charge in [0.15, 0.2) is 0 Å². The lowest BCUT2D eigenvalue weighted by molar-refractivity contribution is 0.147. The molecular formula is C9H18N4O2. The van der Waals surface area contributed by atoms with E-state index in [4.69, 9.17) is 14.9 Å². The van der Waals surface area contributed by atoms with Gasteiger partial charge in [0.2, 0.25) is 5.89 Å². The number of ether oxygens (including phenoxy) is 1. The van der Waals surface area contributed by atoms with E-state index in [0.717, 1.165) is 26.2 Å². The summed E-state index contributed by atoms with van der Waals surface area (Å²) in [5.74, 6) is 0.447. The molecule has 6 nitrogen and oxygen atoms in total. The van der Waals surface area contributed by atoms with Crippen LogP contribution in [0.5, 0.6) is 0 Å². The van der Waals surface area contributed by atoms with Crippen LogP contribution in [0, 0.1) is 0 Å². The normalized spacial score (nSPS) is 12.7. The number of nitrogens with zero attached hydrogens (tertiary/aromatic N) is 2. The van der Waals surface area contributed by atoms with Crippen molar-refractivity contribution in [1.82, 2.24) is 10.2 Å². The van der Waals surface area contributed by atoms with Crippen molar-refractivity contribution in [3.8, 4) is 0 Å². The number of hydrogen-bond acceptors (Lipinski definition) is 6. The summed E-state index contributed by atoms with van der Waals surface area (Å²) < 4.78 is 10.4. The molecular weight excluding hydrogens is 196 g/mol. The molecule has 86 valence electrons. The lowest BCUT2D eigenvalue weighted by Crippen LogP contribution is -2.06. The second kappa shape index (κ2) is 6.36. The highest BCUT2D eigenvalue weighted by Gasteiger charge is 2.08. The van der Waals surface area contributed by atoms with Crippen molar-refractivity contribution in [2.45, 2.75) is 26.3 Å². The summed E-state index contributed by atoms with van der Waals surface area (Å²) in [6.07, 6.45) is 0.906. The van der Waals surface area contributed by atoms with E-state index in [2.05, 4.69) is 15.5 Å². The minimum atomic E-state index is -0.225. The Labute approximate surface area is 89.2 Å². The molecule has 0 fully saturated rings. The fraction of sp³-hybridized carbons (Fsp3) is 0.778. The van der Waals surface area contributed by atoms with Crippen molar-refractivity contribution in [3.63, 3.8) is 0 Å². The SMILES string of the molecule is CCOCCCNc1nnc(C(C)N)o1. The third-order valence-corrected chi connectivity index (χ3v) is 1.78. The zero-order chi connectivity index (χ0) is 11.1. The lowest BCUT2D eigenvalue weighted by Gasteiger charge is -2.01. The first-order valence-corrected chi connectivity index (χ1v) is 5.14. The van der Waals surface area contributed by atoms with E-state index in [1.165, 1.54) is 0 Å². The molecule has 0 spiro atoms. The monoisotopic (exact) mass is 214 g/mol. The molecule has 1 aromatic rings. The number of hydrogen-bond donors (Lipinski definition) is 2. The van der Waals surface area contributed by atoms with Gasteiger partial charge < -0.3 is 20.2 Å². The van der Waals surface area contributed by atoms with Crippen molar-refractivity contribution in [3.05, 3.63) is 5.89 Å². The fourth-order valence-corrected chi connectivity index (χ4v) is 1.00. The Morgan fingerprint density at radius 1 is 1.53 bits per heavy atom. The van der Waals surface area contributed by atoms with Crippen LogP contribution < -0.4 is 11.1 Å². The molecule has 0 aliphatic heterocycles. The van der Waals surface area contributed by atoms with Crippen LogP contribution >= 0.6 is 0 Å².